The van der Waals surface area contributed by atoms with Crippen molar-refractivity contribution in [1.29, 1.82) is 0 Å². The maximum absolute atomic E-state index is 13.2. The third-order valence-corrected chi connectivity index (χ3v) is 5.78. The van der Waals surface area contributed by atoms with Crippen molar-refractivity contribution in [1.82, 2.24) is 24.6 Å². The molecule has 0 unspecified atom stereocenters. The molecule has 2 heterocycles. The lowest BCUT2D eigenvalue weighted by Crippen LogP contribution is -2.34. The van der Waals surface area contributed by atoms with Crippen molar-refractivity contribution < 1.29 is 4.79 Å². The molecule has 0 fully saturated rings. The molecule has 0 aliphatic carbocycles. The van der Waals surface area contributed by atoms with E-state index in [9.17, 15) is 4.79 Å². The molecule has 1 amide bonds. The standard InChI is InChI=1S/C25H35N5O/c1-6-29(7-2)16-9-12-20(4)26-25(31)24-18-22(23-14-10-15-28(23)5)27-30(24)21-13-8-11-19(3)17-21/h8,10-11,13-15,17-18,20H,6-7,9,12,16H2,1-5H3,(H,26,31)/t20-/m0/s1. The number of benzene rings is 1. The Morgan fingerprint density at radius 1 is 1.16 bits per heavy atom. The van der Waals surface area contributed by atoms with E-state index in [0.29, 0.717) is 5.69 Å². The van der Waals surface area contributed by atoms with Crippen LogP contribution in [0.15, 0.2) is 48.7 Å². The summed E-state index contributed by atoms with van der Waals surface area (Å²) in [5.74, 6) is -0.0928. The van der Waals surface area contributed by atoms with Gasteiger partial charge in [-0.25, -0.2) is 4.68 Å². The van der Waals surface area contributed by atoms with Crippen LogP contribution < -0.4 is 5.32 Å². The molecule has 0 radical (unpaired) electrons. The van der Waals surface area contributed by atoms with E-state index in [1.165, 1.54) is 0 Å². The van der Waals surface area contributed by atoms with Gasteiger partial charge in [-0.2, -0.15) is 5.10 Å². The normalized spacial score (nSPS) is 12.3. The molecule has 1 N–H and O–H groups in total. The summed E-state index contributed by atoms with van der Waals surface area (Å²) in [6.07, 6.45) is 4.00. The SMILES string of the molecule is CCN(CC)CCC[C@H](C)NC(=O)c1cc(-c2cccn2C)nn1-c1cccc(C)c1. The summed E-state index contributed by atoms with van der Waals surface area (Å²) in [7, 11) is 1.98. The molecule has 2 aromatic heterocycles. The van der Waals surface area contributed by atoms with Gasteiger partial charge in [0.2, 0.25) is 0 Å². The number of nitrogens with zero attached hydrogens (tertiary/aromatic N) is 4. The number of hydrogen-bond donors (Lipinski definition) is 1. The first kappa shape index (κ1) is 22.8. The summed E-state index contributed by atoms with van der Waals surface area (Å²) in [5.41, 5.74) is 4.34. The van der Waals surface area contributed by atoms with Crippen LogP contribution in [-0.2, 0) is 7.05 Å². The lowest BCUT2D eigenvalue weighted by Gasteiger charge is -2.20. The van der Waals surface area contributed by atoms with Gasteiger partial charge in [-0.3, -0.25) is 4.79 Å². The highest BCUT2D eigenvalue weighted by atomic mass is 16.2. The van der Waals surface area contributed by atoms with Gasteiger partial charge in [0, 0.05) is 19.3 Å². The van der Waals surface area contributed by atoms with Gasteiger partial charge in [-0.1, -0.05) is 26.0 Å². The average molecular weight is 422 g/mol. The van der Waals surface area contributed by atoms with Crippen molar-refractivity contribution in [2.24, 2.45) is 7.05 Å². The molecular formula is C25H35N5O. The highest BCUT2D eigenvalue weighted by Crippen LogP contribution is 2.22. The summed E-state index contributed by atoms with van der Waals surface area (Å²) < 4.78 is 3.77. The van der Waals surface area contributed by atoms with Crippen LogP contribution in [0.3, 0.4) is 0 Å². The summed E-state index contributed by atoms with van der Waals surface area (Å²) in [5, 5.41) is 7.97. The van der Waals surface area contributed by atoms with Crippen LogP contribution in [0.2, 0.25) is 0 Å². The fourth-order valence-electron chi connectivity index (χ4n) is 3.88. The quantitative estimate of drug-likeness (QED) is 0.527. The van der Waals surface area contributed by atoms with Gasteiger partial charge >= 0.3 is 0 Å². The molecule has 1 atom stereocenters. The van der Waals surface area contributed by atoms with E-state index in [1.54, 1.807) is 4.68 Å². The zero-order valence-corrected chi connectivity index (χ0v) is 19.4. The van der Waals surface area contributed by atoms with Gasteiger partial charge in [0.05, 0.1) is 11.4 Å². The largest absolute Gasteiger partial charge is 0.349 e. The molecule has 0 spiro atoms. The first-order valence-electron chi connectivity index (χ1n) is 11.2. The van der Waals surface area contributed by atoms with Gasteiger partial charge in [0.1, 0.15) is 11.4 Å². The number of rotatable bonds is 10. The van der Waals surface area contributed by atoms with Crippen LogP contribution in [-0.4, -0.2) is 50.8 Å². The van der Waals surface area contributed by atoms with Crippen molar-refractivity contribution in [2.75, 3.05) is 19.6 Å². The van der Waals surface area contributed by atoms with Crippen molar-refractivity contribution >= 4 is 5.91 Å². The average Bonchev–Trinajstić information content (AvgIpc) is 3.37. The maximum Gasteiger partial charge on any atom is 0.270 e. The van der Waals surface area contributed by atoms with Crippen LogP contribution in [0.4, 0.5) is 0 Å². The van der Waals surface area contributed by atoms with Crippen molar-refractivity contribution in [3.63, 3.8) is 0 Å². The number of aromatic nitrogens is 3. The van der Waals surface area contributed by atoms with E-state index in [4.69, 9.17) is 5.10 Å². The number of carbonyl (C=O) groups is 1. The van der Waals surface area contributed by atoms with Crippen LogP contribution in [0.5, 0.6) is 0 Å². The highest BCUT2D eigenvalue weighted by molar-refractivity contribution is 5.94. The molecule has 6 nitrogen and oxygen atoms in total. The highest BCUT2D eigenvalue weighted by Gasteiger charge is 2.20. The monoisotopic (exact) mass is 421 g/mol. The minimum Gasteiger partial charge on any atom is -0.349 e. The first-order chi connectivity index (χ1) is 14.9. The lowest BCUT2D eigenvalue weighted by atomic mass is 10.1. The second-order valence-corrected chi connectivity index (χ2v) is 8.21. The first-order valence-corrected chi connectivity index (χ1v) is 11.2. The second-order valence-electron chi connectivity index (χ2n) is 8.21. The Kier molecular flexibility index (Phi) is 7.69. The third kappa shape index (κ3) is 5.64. The summed E-state index contributed by atoms with van der Waals surface area (Å²) >= 11 is 0. The fraction of sp³-hybridized carbons (Fsp3) is 0.440. The number of nitrogens with one attached hydrogen (secondary N) is 1. The zero-order chi connectivity index (χ0) is 22.4. The van der Waals surface area contributed by atoms with E-state index >= 15 is 0 Å². The predicted molar refractivity (Wildman–Crippen MR) is 127 cm³/mol. The summed E-state index contributed by atoms with van der Waals surface area (Å²) in [4.78, 5) is 15.6. The Hall–Kier alpha value is -2.86. The maximum atomic E-state index is 13.2. The molecular weight excluding hydrogens is 386 g/mol. The molecule has 0 saturated heterocycles. The smallest absolute Gasteiger partial charge is 0.270 e. The van der Waals surface area contributed by atoms with E-state index < -0.39 is 0 Å². The van der Waals surface area contributed by atoms with Crippen molar-refractivity contribution in [3.05, 3.63) is 59.9 Å². The van der Waals surface area contributed by atoms with Gasteiger partial charge in [0.15, 0.2) is 0 Å². The third-order valence-electron chi connectivity index (χ3n) is 5.78. The fourth-order valence-corrected chi connectivity index (χ4v) is 3.88. The molecule has 6 heteroatoms. The van der Waals surface area contributed by atoms with Gasteiger partial charge in [0.25, 0.3) is 5.91 Å². The summed E-state index contributed by atoms with van der Waals surface area (Å²) in [6.45, 7) is 11.7. The number of hydrogen-bond acceptors (Lipinski definition) is 3. The Balaban J connectivity index is 1.81. The van der Waals surface area contributed by atoms with Gasteiger partial charge in [-0.05, 0) is 82.2 Å². The van der Waals surface area contributed by atoms with Crippen molar-refractivity contribution in [2.45, 2.75) is 46.6 Å². The molecule has 1 aromatic carbocycles. The second kappa shape index (κ2) is 10.4. The Labute approximate surface area is 185 Å². The topological polar surface area (TPSA) is 55.1 Å². The van der Waals surface area contributed by atoms with Gasteiger partial charge in [-0.15, -0.1) is 0 Å². The zero-order valence-electron chi connectivity index (χ0n) is 19.4. The number of aryl methyl sites for hydroxylation is 2. The van der Waals surface area contributed by atoms with E-state index in [2.05, 4.69) is 31.0 Å². The van der Waals surface area contributed by atoms with E-state index in [0.717, 1.165) is 55.1 Å². The summed E-state index contributed by atoms with van der Waals surface area (Å²) in [6, 6.07) is 14.1. The molecule has 0 aliphatic rings. The Morgan fingerprint density at radius 3 is 2.58 bits per heavy atom. The molecule has 0 aliphatic heterocycles. The van der Waals surface area contributed by atoms with Gasteiger partial charge < -0.3 is 14.8 Å². The molecule has 0 saturated carbocycles. The van der Waals surface area contributed by atoms with Crippen molar-refractivity contribution in [3.8, 4) is 17.1 Å². The van der Waals surface area contributed by atoms with E-state index in [1.807, 2.05) is 67.2 Å². The molecule has 166 valence electrons. The molecule has 3 rings (SSSR count). The minimum atomic E-state index is -0.0928. The molecule has 0 bridgehead atoms. The van der Waals surface area contributed by atoms with Crippen LogP contribution in [0, 0.1) is 6.92 Å². The Bertz CT molecular complexity index is 999. The van der Waals surface area contributed by atoms with Crippen LogP contribution in [0.1, 0.15) is 49.7 Å². The van der Waals surface area contributed by atoms with Crippen LogP contribution in [0.25, 0.3) is 17.1 Å². The van der Waals surface area contributed by atoms with Crippen LogP contribution >= 0.6 is 0 Å². The Morgan fingerprint density at radius 2 is 1.94 bits per heavy atom. The molecule has 31 heavy (non-hydrogen) atoms. The molecule has 3 aromatic rings. The number of carbonyl (C=O) groups excluding carboxylic acids is 1. The minimum absolute atomic E-state index is 0.0928. The lowest BCUT2D eigenvalue weighted by molar-refractivity contribution is 0.0929. The predicted octanol–water partition coefficient (Wildman–Crippen LogP) is 4.43. The number of amides is 1. The van der Waals surface area contributed by atoms with E-state index in [-0.39, 0.29) is 11.9 Å².